The van der Waals surface area contributed by atoms with E-state index in [2.05, 4.69) is 27.2 Å². The van der Waals surface area contributed by atoms with Crippen LogP contribution in [0.25, 0.3) is 18.2 Å². The van der Waals surface area contributed by atoms with Gasteiger partial charge in [-0.2, -0.15) is 11.8 Å². The number of nitrogens with one attached hydrogen (secondary N) is 3. The number of carbonyl (C=O) groups is 4. The van der Waals surface area contributed by atoms with Crippen LogP contribution in [0.4, 0.5) is 0 Å². The maximum absolute atomic E-state index is 13.0. The van der Waals surface area contributed by atoms with Crippen molar-refractivity contribution in [1.29, 1.82) is 0 Å². The maximum Gasteiger partial charge on any atom is 0.303 e. The molecule has 57 heavy (non-hydrogen) atoms. The molecule has 14 heteroatoms. The molecule has 6 N–H and O–H groups in total. The summed E-state index contributed by atoms with van der Waals surface area (Å²) in [6.45, 7) is 13.7. The fourth-order valence-corrected chi connectivity index (χ4v) is 8.10. The van der Waals surface area contributed by atoms with Crippen LogP contribution in [0.3, 0.4) is 0 Å². The second-order valence-electron chi connectivity index (χ2n) is 14.9. The van der Waals surface area contributed by atoms with Gasteiger partial charge in [-0.3, -0.25) is 19.2 Å². The fourth-order valence-electron chi connectivity index (χ4n) is 7.24. The molecular formula is C43H60N4O9S. The molecule has 0 aromatic carbocycles. The first kappa shape index (κ1) is 45.5. The molecule has 0 radical (unpaired) electrons. The summed E-state index contributed by atoms with van der Waals surface area (Å²) >= 11 is 1.66. The Morgan fingerprint density at radius 1 is 0.860 bits per heavy atom. The molecule has 0 aliphatic carbocycles. The number of ether oxygens (including phenoxy) is 2. The molecule has 4 heterocycles. The summed E-state index contributed by atoms with van der Waals surface area (Å²) in [6, 6.07) is 0. The van der Waals surface area contributed by atoms with E-state index < -0.39 is 18.0 Å². The smallest absolute Gasteiger partial charge is 0.303 e. The predicted molar refractivity (Wildman–Crippen MR) is 224 cm³/mol. The first-order valence-corrected chi connectivity index (χ1v) is 21.2. The average Bonchev–Trinajstić information content (AvgIpc) is 3.81. The highest BCUT2D eigenvalue weighted by Gasteiger charge is 2.34. The van der Waals surface area contributed by atoms with Gasteiger partial charge in [-0.1, -0.05) is 27.2 Å². The average molecular weight is 809 g/mol. The molecule has 312 valence electrons. The number of hydrogen-bond acceptors (Lipinski definition) is 8. The van der Waals surface area contributed by atoms with Gasteiger partial charge in [0, 0.05) is 83.4 Å². The Labute approximate surface area is 339 Å². The number of aliphatic carboxylic acids is 2. The number of nitrogens with zero attached hydrogens (tertiary/aromatic N) is 1. The van der Waals surface area contributed by atoms with Crippen molar-refractivity contribution in [2.24, 2.45) is 16.8 Å². The van der Waals surface area contributed by atoms with Crippen molar-refractivity contribution in [3.05, 3.63) is 61.2 Å². The number of aliphatic hydroxyl groups excluding tert-OH is 1. The van der Waals surface area contributed by atoms with Gasteiger partial charge in [0.1, 0.15) is 0 Å². The molecule has 2 amide bonds. The third kappa shape index (κ3) is 12.6. The summed E-state index contributed by atoms with van der Waals surface area (Å²) in [5, 5.41) is 33.5. The molecule has 3 unspecified atom stereocenters. The molecule has 13 nitrogen and oxygen atoms in total. The number of allylic oxidation sites excluding steroid dienone is 2. The monoisotopic (exact) mass is 808 g/mol. The zero-order valence-corrected chi connectivity index (χ0v) is 35.0. The van der Waals surface area contributed by atoms with Crippen LogP contribution in [-0.4, -0.2) is 98.8 Å². The number of carboxylic acid groups (broad SMARTS) is 2. The van der Waals surface area contributed by atoms with Gasteiger partial charge >= 0.3 is 11.9 Å². The molecule has 2 aliphatic rings. The molecule has 2 aliphatic heterocycles. The van der Waals surface area contributed by atoms with E-state index in [1.165, 1.54) is 0 Å². The third-order valence-electron chi connectivity index (χ3n) is 10.7. The van der Waals surface area contributed by atoms with Crippen LogP contribution in [-0.2, 0) is 41.5 Å². The lowest BCUT2D eigenvalue weighted by molar-refractivity contribution is -0.138. The number of aliphatic imine (C=N–C) groups is 1. The normalized spacial score (nSPS) is 19.0. The number of aromatic nitrogens is 2. The summed E-state index contributed by atoms with van der Waals surface area (Å²) in [5.41, 5.74) is 7.43. The van der Waals surface area contributed by atoms with E-state index in [0.29, 0.717) is 66.3 Å². The second-order valence-corrected chi connectivity index (χ2v) is 16.0. The Morgan fingerprint density at radius 3 is 2.25 bits per heavy atom. The van der Waals surface area contributed by atoms with E-state index >= 15 is 0 Å². The number of amides is 2. The fraction of sp³-hybridized carbons (Fsp3) is 0.558. The first-order chi connectivity index (χ1) is 27.2. The molecule has 1 fully saturated rings. The number of rotatable bonds is 24. The van der Waals surface area contributed by atoms with Gasteiger partial charge in [-0.15, -0.1) is 0 Å². The summed E-state index contributed by atoms with van der Waals surface area (Å²) in [6.07, 6.45) is 9.58. The molecule has 0 bridgehead atoms. The SMILES string of the molecule is CCCCOCC(O)CSCCCOCCC1=C(C)C(/C=c2/[nH]/c(=C/c3[nH]c(/C=C4\NC(=O)C(C)C4CC)c(C)c3CCC(=O)O)c(CCC(=O)O)c2C)=NC1=O. The maximum atomic E-state index is 13.0. The molecule has 1 saturated heterocycles. The van der Waals surface area contributed by atoms with Crippen molar-refractivity contribution < 1.29 is 44.0 Å². The minimum absolute atomic E-state index is 0.0264. The highest BCUT2D eigenvalue weighted by Crippen LogP contribution is 2.32. The highest BCUT2D eigenvalue weighted by atomic mass is 32.2. The Kier molecular flexibility index (Phi) is 17.6. The largest absolute Gasteiger partial charge is 0.481 e. The van der Waals surface area contributed by atoms with Crippen molar-refractivity contribution in [3.63, 3.8) is 0 Å². The number of aliphatic hydroxyl groups is 1. The number of aromatic amines is 2. The predicted octanol–water partition coefficient (Wildman–Crippen LogP) is 4.74. The first-order valence-electron chi connectivity index (χ1n) is 20.1. The standard InChI is InChI=1S/C43H60N4O9S/c1-7-9-16-56-23-29(48)24-57-19-10-17-55-18-15-33-27(5)36(46-43(33)54)20-34-25(3)31(11-13-40(49)50)38(44-34)22-39-32(12-14-41(51)52)26(4)35(45-39)21-37-30(8-2)28(6)42(53)47-37/h20-22,28-30,44-45,48H,7-19,23-24H2,1-6H3,(H,47,53)(H,49,50)(H,51,52)/b34-20+,37-21-,38-22+. The van der Waals surface area contributed by atoms with Gasteiger partial charge in [0.25, 0.3) is 5.91 Å². The van der Waals surface area contributed by atoms with E-state index in [9.17, 15) is 34.5 Å². The number of carbonyl (C=O) groups excluding carboxylic acids is 2. The van der Waals surface area contributed by atoms with Gasteiger partial charge < -0.3 is 40.1 Å². The van der Waals surface area contributed by atoms with Crippen molar-refractivity contribution >= 4 is 59.5 Å². The zero-order chi connectivity index (χ0) is 41.6. The third-order valence-corrected chi connectivity index (χ3v) is 11.9. The van der Waals surface area contributed by atoms with Crippen LogP contribution in [0, 0.1) is 25.7 Å². The Bertz CT molecular complexity index is 1990. The highest BCUT2D eigenvalue weighted by molar-refractivity contribution is 7.99. The summed E-state index contributed by atoms with van der Waals surface area (Å²) in [7, 11) is 0. The van der Waals surface area contributed by atoms with Crippen LogP contribution in [0.1, 0.15) is 106 Å². The number of unbranched alkanes of at least 4 members (excludes halogenated alkanes) is 1. The minimum Gasteiger partial charge on any atom is -0.481 e. The van der Waals surface area contributed by atoms with Gasteiger partial charge in [0.2, 0.25) is 5.91 Å². The van der Waals surface area contributed by atoms with Crippen LogP contribution in [0.15, 0.2) is 21.8 Å². The lowest BCUT2D eigenvalue weighted by Crippen LogP contribution is -2.18. The quantitative estimate of drug-likeness (QED) is 0.0805. The number of H-pyrrole nitrogens is 2. The number of thioether (sulfide) groups is 1. The number of hydrogen-bond donors (Lipinski definition) is 6. The topological polar surface area (TPSA) is 203 Å². The molecule has 3 atom stereocenters. The van der Waals surface area contributed by atoms with Crippen LogP contribution in [0.2, 0.25) is 0 Å². The summed E-state index contributed by atoms with van der Waals surface area (Å²) in [4.78, 5) is 60.1. The molecule has 0 spiro atoms. The zero-order valence-electron chi connectivity index (χ0n) is 34.2. The summed E-state index contributed by atoms with van der Waals surface area (Å²) < 4.78 is 11.3. The van der Waals surface area contributed by atoms with Crippen LogP contribution >= 0.6 is 11.8 Å². The van der Waals surface area contributed by atoms with Gasteiger partial charge in [0.15, 0.2) is 0 Å². The van der Waals surface area contributed by atoms with Crippen molar-refractivity contribution in [2.45, 2.75) is 105 Å². The van der Waals surface area contributed by atoms with Crippen molar-refractivity contribution in [2.75, 3.05) is 37.9 Å². The van der Waals surface area contributed by atoms with Crippen LogP contribution < -0.4 is 16.0 Å². The lowest BCUT2D eigenvalue weighted by Gasteiger charge is -2.11. The molecule has 4 rings (SSSR count). The van der Waals surface area contributed by atoms with E-state index in [0.717, 1.165) is 70.7 Å². The Balaban J connectivity index is 1.54. The van der Waals surface area contributed by atoms with Gasteiger partial charge in [0.05, 0.1) is 25.0 Å². The van der Waals surface area contributed by atoms with Gasteiger partial charge in [-0.25, -0.2) is 4.99 Å². The number of carboxylic acids is 2. The molecule has 2 aromatic heterocycles. The summed E-state index contributed by atoms with van der Waals surface area (Å²) in [5.74, 6) is -0.841. The van der Waals surface area contributed by atoms with E-state index in [4.69, 9.17) is 9.47 Å². The van der Waals surface area contributed by atoms with E-state index in [1.807, 2.05) is 52.8 Å². The van der Waals surface area contributed by atoms with E-state index in [1.54, 1.807) is 11.8 Å². The molecule has 0 saturated carbocycles. The van der Waals surface area contributed by atoms with E-state index in [-0.39, 0.29) is 49.3 Å². The molecular weight excluding hydrogens is 749 g/mol. The molecule has 2 aromatic rings. The lowest BCUT2D eigenvalue weighted by atomic mass is 9.92. The minimum atomic E-state index is -0.936. The van der Waals surface area contributed by atoms with Crippen molar-refractivity contribution in [3.8, 4) is 0 Å². The van der Waals surface area contributed by atoms with Crippen LogP contribution in [0.5, 0.6) is 0 Å². The Morgan fingerprint density at radius 2 is 1.56 bits per heavy atom. The van der Waals surface area contributed by atoms with Gasteiger partial charge in [-0.05, 0) is 105 Å². The second kappa shape index (κ2) is 22.1. The van der Waals surface area contributed by atoms with Crippen molar-refractivity contribution in [1.82, 2.24) is 15.3 Å². The Hall–Kier alpha value is -4.24.